The van der Waals surface area contributed by atoms with Crippen molar-refractivity contribution in [3.63, 3.8) is 0 Å². The molecule has 110 valence electrons. The van der Waals surface area contributed by atoms with Crippen LogP contribution in [-0.4, -0.2) is 33.3 Å². The Morgan fingerprint density at radius 1 is 1.35 bits per heavy atom. The van der Waals surface area contributed by atoms with Crippen molar-refractivity contribution < 1.29 is 13.2 Å². The van der Waals surface area contributed by atoms with E-state index in [1.165, 1.54) is 6.26 Å². The Hall–Kier alpha value is -1.53. The number of benzene rings is 1. The molecule has 2 N–H and O–H groups in total. The zero-order valence-corrected chi connectivity index (χ0v) is 13.0. The molecule has 0 unspecified atom stereocenters. The summed E-state index contributed by atoms with van der Waals surface area (Å²) >= 11 is 0. The van der Waals surface area contributed by atoms with Crippen LogP contribution in [0.2, 0.25) is 0 Å². The molecule has 0 fully saturated rings. The van der Waals surface area contributed by atoms with Gasteiger partial charge in [0.1, 0.15) is 5.75 Å². The summed E-state index contributed by atoms with van der Waals surface area (Å²) < 4.78 is 30.4. The van der Waals surface area contributed by atoms with Gasteiger partial charge in [-0.25, -0.2) is 13.1 Å². The topological polar surface area (TPSA) is 71.2 Å². The molecule has 0 radical (unpaired) electrons. The first-order valence-electron chi connectivity index (χ1n) is 6.33. The number of H-pyrrole nitrogens is 1. The van der Waals surface area contributed by atoms with Crippen molar-refractivity contribution >= 4 is 20.9 Å². The van der Waals surface area contributed by atoms with Crippen molar-refractivity contribution in [2.75, 3.05) is 19.9 Å². The summed E-state index contributed by atoms with van der Waals surface area (Å²) in [6.45, 7) is 4.36. The predicted octanol–water partition coefficient (Wildman–Crippen LogP) is 2.00. The minimum absolute atomic E-state index is 0.326. The van der Waals surface area contributed by atoms with Crippen molar-refractivity contribution in [1.29, 1.82) is 0 Å². The van der Waals surface area contributed by atoms with Crippen molar-refractivity contribution in [3.8, 4) is 5.75 Å². The smallest absolute Gasteiger partial charge is 0.208 e. The number of fused-ring (bicyclic) bond motifs is 1. The second kappa shape index (κ2) is 5.10. The zero-order chi connectivity index (χ0) is 15.0. The van der Waals surface area contributed by atoms with E-state index in [0.29, 0.717) is 6.54 Å². The van der Waals surface area contributed by atoms with Crippen molar-refractivity contribution in [2.45, 2.75) is 19.3 Å². The number of nitrogens with one attached hydrogen (secondary N) is 2. The van der Waals surface area contributed by atoms with Crippen LogP contribution in [0.15, 0.2) is 24.4 Å². The Morgan fingerprint density at radius 3 is 2.65 bits per heavy atom. The average Bonchev–Trinajstić information content (AvgIpc) is 2.79. The first-order chi connectivity index (χ1) is 9.23. The second-order valence-electron chi connectivity index (χ2n) is 5.59. The van der Waals surface area contributed by atoms with E-state index < -0.39 is 10.0 Å². The molecule has 1 aromatic heterocycles. The van der Waals surface area contributed by atoms with Gasteiger partial charge < -0.3 is 9.72 Å². The molecular formula is C14H20N2O3S. The minimum atomic E-state index is -3.20. The molecule has 0 saturated heterocycles. The van der Waals surface area contributed by atoms with E-state index in [1.807, 2.05) is 38.2 Å². The third-order valence-electron chi connectivity index (χ3n) is 3.39. The van der Waals surface area contributed by atoms with E-state index in [-0.39, 0.29) is 5.41 Å². The summed E-state index contributed by atoms with van der Waals surface area (Å²) in [5.41, 5.74) is 1.74. The summed E-state index contributed by atoms with van der Waals surface area (Å²) in [4.78, 5) is 3.21. The Labute approximate surface area is 119 Å². The highest BCUT2D eigenvalue weighted by molar-refractivity contribution is 7.88. The van der Waals surface area contributed by atoms with Crippen molar-refractivity contribution in [1.82, 2.24) is 9.71 Å². The molecule has 2 rings (SSSR count). The Balaban J connectivity index is 2.40. The van der Waals surface area contributed by atoms with Gasteiger partial charge in [-0.2, -0.15) is 0 Å². The predicted molar refractivity (Wildman–Crippen MR) is 80.7 cm³/mol. The van der Waals surface area contributed by atoms with E-state index in [9.17, 15) is 8.42 Å². The summed E-state index contributed by atoms with van der Waals surface area (Å²) in [5, 5.41) is 1.05. The number of hydrogen-bond acceptors (Lipinski definition) is 3. The maximum absolute atomic E-state index is 11.3. The van der Waals surface area contributed by atoms with E-state index in [1.54, 1.807) is 7.11 Å². The van der Waals surface area contributed by atoms with Gasteiger partial charge in [0, 0.05) is 29.1 Å². The normalized spacial score (nSPS) is 12.8. The molecule has 0 spiro atoms. The number of aromatic amines is 1. The fraction of sp³-hybridized carbons (Fsp3) is 0.429. The van der Waals surface area contributed by atoms with Gasteiger partial charge in [-0.1, -0.05) is 13.8 Å². The first kappa shape index (κ1) is 14.9. The lowest BCUT2D eigenvalue weighted by Gasteiger charge is -2.24. The van der Waals surface area contributed by atoms with Gasteiger partial charge in [-0.15, -0.1) is 0 Å². The number of sulfonamides is 1. The fourth-order valence-corrected chi connectivity index (χ4v) is 2.82. The van der Waals surface area contributed by atoms with Gasteiger partial charge in [0.25, 0.3) is 0 Å². The molecule has 0 saturated carbocycles. The lowest BCUT2D eigenvalue weighted by molar-refractivity contribution is 0.415. The minimum Gasteiger partial charge on any atom is -0.497 e. The fourth-order valence-electron chi connectivity index (χ4n) is 2.19. The Morgan fingerprint density at radius 2 is 2.05 bits per heavy atom. The summed E-state index contributed by atoms with van der Waals surface area (Å²) in [7, 11) is -1.57. The number of rotatable bonds is 5. The second-order valence-corrected chi connectivity index (χ2v) is 7.42. The summed E-state index contributed by atoms with van der Waals surface area (Å²) in [6, 6.07) is 5.81. The average molecular weight is 296 g/mol. The largest absolute Gasteiger partial charge is 0.497 e. The highest BCUT2D eigenvalue weighted by Crippen LogP contribution is 2.32. The number of aromatic nitrogens is 1. The molecular weight excluding hydrogens is 276 g/mol. The number of hydrogen-bond donors (Lipinski definition) is 2. The van der Waals surface area contributed by atoms with Crippen LogP contribution in [0, 0.1) is 0 Å². The van der Waals surface area contributed by atoms with E-state index in [0.717, 1.165) is 22.2 Å². The van der Waals surface area contributed by atoms with E-state index in [2.05, 4.69) is 9.71 Å². The monoisotopic (exact) mass is 296 g/mol. The van der Waals surface area contributed by atoms with E-state index in [4.69, 9.17) is 4.74 Å². The molecule has 0 amide bonds. The zero-order valence-electron chi connectivity index (χ0n) is 12.1. The maximum Gasteiger partial charge on any atom is 0.208 e. The lowest BCUT2D eigenvalue weighted by atomic mass is 9.84. The van der Waals surface area contributed by atoms with Crippen molar-refractivity contribution in [2.24, 2.45) is 0 Å². The van der Waals surface area contributed by atoms with E-state index >= 15 is 0 Å². The SMILES string of the molecule is COc1ccc2[nH]cc(C(C)(C)CNS(C)(=O)=O)c2c1. The molecule has 1 aromatic carbocycles. The van der Waals surface area contributed by atoms with Gasteiger partial charge in [0.2, 0.25) is 10.0 Å². The van der Waals surface area contributed by atoms with Crippen LogP contribution in [0.1, 0.15) is 19.4 Å². The summed E-state index contributed by atoms with van der Waals surface area (Å²) in [6.07, 6.45) is 3.09. The third-order valence-corrected chi connectivity index (χ3v) is 4.06. The van der Waals surface area contributed by atoms with Crippen LogP contribution in [-0.2, 0) is 15.4 Å². The number of methoxy groups -OCH3 is 1. The van der Waals surface area contributed by atoms with Crippen LogP contribution in [0.3, 0.4) is 0 Å². The number of ether oxygens (including phenoxy) is 1. The van der Waals surface area contributed by atoms with Crippen LogP contribution in [0.4, 0.5) is 0 Å². The molecule has 5 nitrogen and oxygen atoms in total. The molecule has 20 heavy (non-hydrogen) atoms. The van der Waals surface area contributed by atoms with Crippen LogP contribution >= 0.6 is 0 Å². The highest BCUT2D eigenvalue weighted by Gasteiger charge is 2.25. The van der Waals surface area contributed by atoms with Crippen molar-refractivity contribution in [3.05, 3.63) is 30.0 Å². The molecule has 0 aliphatic heterocycles. The Kier molecular flexibility index (Phi) is 3.80. The van der Waals surface area contributed by atoms with Crippen LogP contribution in [0.5, 0.6) is 5.75 Å². The third kappa shape index (κ3) is 3.13. The lowest BCUT2D eigenvalue weighted by Crippen LogP contribution is -2.35. The molecule has 1 heterocycles. The molecule has 0 bridgehead atoms. The van der Waals surface area contributed by atoms with Crippen LogP contribution < -0.4 is 9.46 Å². The van der Waals surface area contributed by atoms with Gasteiger partial charge >= 0.3 is 0 Å². The molecule has 0 atom stereocenters. The van der Waals surface area contributed by atoms with Gasteiger partial charge in [-0.05, 0) is 23.8 Å². The molecule has 0 aliphatic carbocycles. The van der Waals surface area contributed by atoms with Gasteiger partial charge in [-0.3, -0.25) is 0 Å². The highest BCUT2D eigenvalue weighted by atomic mass is 32.2. The maximum atomic E-state index is 11.3. The first-order valence-corrected chi connectivity index (χ1v) is 8.22. The summed E-state index contributed by atoms with van der Waals surface area (Å²) in [5.74, 6) is 0.783. The molecule has 0 aliphatic rings. The van der Waals surface area contributed by atoms with Gasteiger partial charge in [0.05, 0.1) is 13.4 Å². The van der Waals surface area contributed by atoms with Gasteiger partial charge in [0.15, 0.2) is 0 Å². The Bertz CT molecular complexity index is 717. The standard InChI is InChI=1S/C14H20N2O3S/c1-14(2,9-16-20(4,17)18)12-8-15-13-6-5-10(19-3)7-11(12)13/h5-8,15-16H,9H2,1-4H3. The molecule has 6 heteroatoms. The quantitative estimate of drug-likeness (QED) is 0.886. The molecule has 2 aromatic rings. The van der Waals surface area contributed by atoms with Crippen LogP contribution in [0.25, 0.3) is 10.9 Å².